The lowest BCUT2D eigenvalue weighted by molar-refractivity contribution is -0.123. The normalized spacial score (nSPS) is 21.8. The molecular weight excluding hydrogens is 309 g/mol. The summed E-state index contributed by atoms with van der Waals surface area (Å²) in [6, 6.07) is 5.89. The van der Waals surface area contributed by atoms with Crippen LogP contribution >= 0.6 is 24.8 Å². The fourth-order valence-electron chi connectivity index (χ4n) is 3.18. The van der Waals surface area contributed by atoms with E-state index in [9.17, 15) is 4.79 Å². The van der Waals surface area contributed by atoms with Crippen LogP contribution in [0.25, 0.3) is 0 Å². The molecule has 6 heteroatoms. The fraction of sp³-hybridized carbons (Fsp3) is 0.600. The van der Waals surface area contributed by atoms with E-state index < -0.39 is 0 Å². The number of carbonyl (C=O) groups is 1. The molecular formula is C15H23Cl2N3O. The number of hydrogen-bond donors (Lipinski definition) is 2. The highest BCUT2D eigenvalue weighted by atomic mass is 35.5. The van der Waals surface area contributed by atoms with E-state index in [1.807, 2.05) is 18.2 Å². The fourth-order valence-corrected chi connectivity index (χ4v) is 3.18. The average molecular weight is 332 g/mol. The van der Waals surface area contributed by atoms with Gasteiger partial charge in [-0.1, -0.05) is 6.07 Å². The van der Waals surface area contributed by atoms with Gasteiger partial charge in [-0.2, -0.15) is 0 Å². The molecule has 2 aliphatic rings. The van der Waals surface area contributed by atoms with Crippen LogP contribution in [0.2, 0.25) is 0 Å². The van der Waals surface area contributed by atoms with E-state index in [-0.39, 0.29) is 36.6 Å². The molecule has 1 saturated heterocycles. The second-order valence-electron chi connectivity index (χ2n) is 5.73. The molecule has 2 N–H and O–H groups in total. The van der Waals surface area contributed by atoms with Gasteiger partial charge in [-0.3, -0.25) is 9.78 Å². The van der Waals surface area contributed by atoms with Gasteiger partial charge in [0.1, 0.15) is 0 Å². The highest BCUT2D eigenvalue weighted by Crippen LogP contribution is 2.58. The Kier molecular flexibility index (Phi) is 6.91. The molecule has 118 valence electrons. The summed E-state index contributed by atoms with van der Waals surface area (Å²) >= 11 is 0. The largest absolute Gasteiger partial charge is 0.355 e. The van der Waals surface area contributed by atoms with Crippen LogP contribution < -0.4 is 10.6 Å². The number of carbonyl (C=O) groups excluding carboxylic acids is 1. The molecule has 1 aromatic heterocycles. The maximum atomic E-state index is 12.1. The lowest BCUT2D eigenvalue weighted by Gasteiger charge is -2.23. The van der Waals surface area contributed by atoms with E-state index in [2.05, 4.69) is 15.6 Å². The number of piperidine rings is 1. The van der Waals surface area contributed by atoms with Gasteiger partial charge in [-0.15, -0.1) is 24.8 Å². The highest BCUT2D eigenvalue weighted by Gasteiger charge is 2.57. The van der Waals surface area contributed by atoms with Gasteiger partial charge in [0.2, 0.25) is 5.91 Å². The number of amides is 1. The van der Waals surface area contributed by atoms with Crippen LogP contribution in [0.3, 0.4) is 0 Å². The van der Waals surface area contributed by atoms with Gasteiger partial charge in [0, 0.05) is 30.8 Å². The minimum absolute atomic E-state index is 0. The first-order chi connectivity index (χ1) is 9.30. The van der Waals surface area contributed by atoms with E-state index >= 15 is 0 Å². The number of pyridine rings is 1. The monoisotopic (exact) mass is 331 g/mol. The Bertz CT molecular complexity index is 449. The molecule has 0 radical (unpaired) electrons. The molecule has 2 heterocycles. The molecule has 1 atom stereocenters. The summed E-state index contributed by atoms with van der Waals surface area (Å²) < 4.78 is 0. The average Bonchev–Trinajstić information content (AvgIpc) is 3.14. The number of nitrogens with zero attached hydrogens (tertiary/aromatic N) is 1. The van der Waals surface area contributed by atoms with Gasteiger partial charge in [0.15, 0.2) is 0 Å². The zero-order valence-electron chi connectivity index (χ0n) is 12.0. The molecule has 1 aliphatic carbocycles. The Morgan fingerprint density at radius 3 is 2.76 bits per heavy atom. The second kappa shape index (κ2) is 7.97. The third-order valence-electron chi connectivity index (χ3n) is 4.51. The van der Waals surface area contributed by atoms with E-state index in [0.29, 0.717) is 12.0 Å². The summed E-state index contributed by atoms with van der Waals surface area (Å²) in [7, 11) is 0. The SMILES string of the molecule is Cl.Cl.O=C(NCCc1ccccn1)C1CC12CCNCC2. The van der Waals surface area contributed by atoms with E-state index in [1.165, 1.54) is 0 Å². The van der Waals surface area contributed by atoms with E-state index in [1.54, 1.807) is 6.20 Å². The van der Waals surface area contributed by atoms with Crippen LogP contribution in [0.4, 0.5) is 0 Å². The first-order valence-electron chi connectivity index (χ1n) is 7.19. The van der Waals surface area contributed by atoms with Gasteiger partial charge in [-0.25, -0.2) is 0 Å². The molecule has 21 heavy (non-hydrogen) atoms. The highest BCUT2D eigenvalue weighted by molar-refractivity contribution is 5.85. The van der Waals surface area contributed by atoms with Crippen molar-refractivity contribution in [2.45, 2.75) is 25.7 Å². The van der Waals surface area contributed by atoms with Crippen LogP contribution in [-0.4, -0.2) is 30.5 Å². The Labute approximate surface area is 138 Å². The third-order valence-corrected chi connectivity index (χ3v) is 4.51. The molecule has 2 fully saturated rings. The predicted molar refractivity (Wildman–Crippen MR) is 88.1 cm³/mol. The third kappa shape index (κ3) is 4.31. The topological polar surface area (TPSA) is 54.0 Å². The first-order valence-corrected chi connectivity index (χ1v) is 7.19. The van der Waals surface area contributed by atoms with Gasteiger partial charge < -0.3 is 10.6 Å². The molecule has 4 nitrogen and oxygen atoms in total. The van der Waals surface area contributed by atoms with Crippen LogP contribution in [-0.2, 0) is 11.2 Å². The minimum atomic E-state index is 0. The van der Waals surface area contributed by atoms with Crippen LogP contribution in [0, 0.1) is 11.3 Å². The van der Waals surface area contributed by atoms with Gasteiger partial charge >= 0.3 is 0 Å². The second-order valence-corrected chi connectivity index (χ2v) is 5.73. The molecule has 1 saturated carbocycles. The predicted octanol–water partition coefficient (Wildman–Crippen LogP) is 1.97. The Balaban J connectivity index is 0.00000110. The van der Waals surface area contributed by atoms with Crippen molar-refractivity contribution in [1.82, 2.24) is 15.6 Å². The molecule has 3 rings (SSSR count). The molecule has 1 spiro atoms. The smallest absolute Gasteiger partial charge is 0.223 e. The Hall–Kier alpha value is -0.840. The minimum Gasteiger partial charge on any atom is -0.355 e. The first kappa shape index (κ1) is 18.2. The number of aromatic nitrogens is 1. The molecule has 0 aromatic carbocycles. The number of nitrogens with one attached hydrogen (secondary N) is 2. The maximum Gasteiger partial charge on any atom is 0.223 e. The van der Waals surface area contributed by atoms with E-state index in [4.69, 9.17) is 0 Å². The molecule has 1 aliphatic heterocycles. The van der Waals surface area contributed by atoms with E-state index in [0.717, 1.165) is 44.5 Å². The standard InChI is InChI=1S/C15H21N3O.2ClH/c19-14(13-11-15(13)5-9-16-10-6-15)18-8-4-12-3-1-2-7-17-12;;/h1-3,7,13,16H,4-6,8-11H2,(H,18,19);2*1H. The van der Waals surface area contributed by atoms with Gasteiger partial charge in [0.05, 0.1) is 0 Å². The number of hydrogen-bond acceptors (Lipinski definition) is 3. The zero-order valence-corrected chi connectivity index (χ0v) is 13.6. The lowest BCUT2D eigenvalue weighted by atomic mass is 9.92. The number of halogens is 2. The van der Waals surface area contributed by atoms with Crippen LogP contribution in [0.1, 0.15) is 25.0 Å². The Morgan fingerprint density at radius 2 is 2.10 bits per heavy atom. The van der Waals surface area contributed by atoms with Crippen molar-refractivity contribution < 1.29 is 4.79 Å². The lowest BCUT2D eigenvalue weighted by Crippen LogP contribution is -2.34. The molecule has 1 aromatic rings. The van der Waals surface area contributed by atoms with Gasteiger partial charge in [0.25, 0.3) is 0 Å². The summed E-state index contributed by atoms with van der Waals surface area (Å²) in [6.45, 7) is 2.83. The van der Waals surface area contributed by atoms with Crippen molar-refractivity contribution in [3.05, 3.63) is 30.1 Å². The maximum absolute atomic E-state index is 12.1. The summed E-state index contributed by atoms with van der Waals surface area (Å²) in [6.07, 6.45) is 6.01. The van der Waals surface area contributed by atoms with Crippen molar-refractivity contribution in [1.29, 1.82) is 0 Å². The van der Waals surface area contributed by atoms with Crippen molar-refractivity contribution in [3.8, 4) is 0 Å². The van der Waals surface area contributed by atoms with Crippen molar-refractivity contribution in [3.63, 3.8) is 0 Å². The summed E-state index contributed by atoms with van der Waals surface area (Å²) in [5.41, 5.74) is 1.37. The molecule has 1 amide bonds. The summed E-state index contributed by atoms with van der Waals surface area (Å²) in [4.78, 5) is 16.4. The van der Waals surface area contributed by atoms with Crippen LogP contribution in [0.5, 0.6) is 0 Å². The van der Waals surface area contributed by atoms with Crippen molar-refractivity contribution in [2.24, 2.45) is 11.3 Å². The Morgan fingerprint density at radius 1 is 1.33 bits per heavy atom. The van der Waals surface area contributed by atoms with Crippen LogP contribution in [0.15, 0.2) is 24.4 Å². The quantitative estimate of drug-likeness (QED) is 0.886. The summed E-state index contributed by atoms with van der Waals surface area (Å²) in [5, 5.41) is 6.43. The molecule has 1 unspecified atom stereocenters. The number of rotatable bonds is 4. The molecule has 0 bridgehead atoms. The van der Waals surface area contributed by atoms with Crippen molar-refractivity contribution >= 4 is 30.7 Å². The zero-order chi connectivity index (χ0) is 13.1. The van der Waals surface area contributed by atoms with Crippen molar-refractivity contribution in [2.75, 3.05) is 19.6 Å². The summed E-state index contributed by atoms with van der Waals surface area (Å²) in [5.74, 6) is 0.510. The van der Waals surface area contributed by atoms with Gasteiger partial charge in [-0.05, 0) is 49.9 Å².